The van der Waals surface area contributed by atoms with E-state index in [1.54, 1.807) is 42.5 Å². The van der Waals surface area contributed by atoms with E-state index in [1.165, 1.54) is 24.8 Å². The summed E-state index contributed by atoms with van der Waals surface area (Å²) < 4.78 is 33.4. The number of hydrogen-bond acceptors (Lipinski definition) is 4. The zero-order chi connectivity index (χ0) is 23.7. The molecule has 174 valence electrons. The van der Waals surface area contributed by atoms with E-state index >= 15 is 0 Å². The van der Waals surface area contributed by atoms with Crippen LogP contribution in [-0.4, -0.2) is 34.5 Å². The second-order valence-electron chi connectivity index (χ2n) is 7.76. The Kier molecular flexibility index (Phi) is 8.49. The van der Waals surface area contributed by atoms with Gasteiger partial charge < -0.3 is 10.1 Å². The van der Waals surface area contributed by atoms with Crippen molar-refractivity contribution >= 4 is 21.6 Å². The smallest absolute Gasteiger partial charge is 0.264 e. The molecular weight excluding hydrogens is 436 g/mol. The molecule has 0 aliphatic rings. The van der Waals surface area contributed by atoms with Gasteiger partial charge in [0.25, 0.3) is 10.0 Å². The molecule has 0 aliphatic carbocycles. The van der Waals surface area contributed by atoms with E-state index in [-0.39, 0.29) is 23.3 Å². The lowest BCUT2D eigenvalue weighted by Crippen LogP contribution is -2.42. The average molecular weight is 467 g/mol. The Balaban J connectivity index is 1.79. The quantitative estimate of drug-likeness (QED) is 0.458. The number of rotatable bonds is 11. The van der Waals surface area contributed by atoms with Gasteiger partial charge in [-0.25, -0.2) is 8.42 Å². The van der Waals surface area contributed by atoms with Gasteiger partial charge in [0.15, 0.2) is 0 Å². The minimum Gasteiger partial charge on any atom is -0.495 e. The molecule has 0 aromatic heterocycles. The predicted octanol–water partition coefficient (Wildman–Crippen LogP) is 4.28. The van der Waals surface area contributed by atoms with E-state index in [0.717, 1.165) is 17.1 Å². The summed E-state index contributed by atoms with van der Waals surface area (Å²) in [6.07, 6.45) is 1.74. The highest BCUT2D eigenvalue weighted by Gasteiger charge is 2.29. The van der Waals surface area contributed by atoms with Crippen LogP contribution < -0.4 is 14.4 Å². The first-order chi connectivity index (χ1) is 16.0. The van der Waals surface area contributed by atoms with Crippen molar-refractivity contribution in [2.75, 3.05) is 24.5 Å². The van der Waals surface area contributed by atoms with Crippen molar-refractivity contribution in [3.63, 3.8) is 0 Å². The molecule has 0 saturated carbocycles. The summed E-state index contributed by atoms with van der Waals surface area (Å²) in [4.78, 5) is 13.0. The molecule has 1 atom stereocenters. The van der Waals surface area contributed by atoms with Crippen LogP contribution in [0.2, 0.25) is 0 Å². The van der Waals surface area contributed by atoms with Crippen LogP contribution in [0.1, 0.15) is 18.9 Å². The third-order valence-electron chi connectivity index (χ3n) is 5.50. The fourth-order valence-electron chi connectivity index (χ4n) is 3.61. The maximum Gasteiger partial charge on any atom is 0.264 e. The van der Waals surface area contributed by atoms with Gasteiger partial charge in [-0.1, -0.05) is 74.0 Å². The SMILES string of the molecule is CCC(CNC(=O)CN(c1ccccc1OC)S(=O)(=O)c1ccccc1)Cc1ccccc1. The molecule has 3 aromatic carbocycles. The van der Waals surface area contributed by atoms with E-state index in [4.69, 9.17) is 4.74 Å². The van der Waals surface area contributed by atoms with Crippen molar-refractivity contribution in [1.82, 2.24) is 5.32 Å². The highest BCUT2D eigenvalue weighted by molar-refractivity contribution is 7.92. The van der Waals surface area contributed by atoms with Crippen molar-refractivity contribution in [2.45, 2.75) is 24.7 Å². The number of benzene rings is 3. The van der Waals surface area contributed by atoms with E-state index in [0.29, 0.717) is 18.0 Å². The van der Waals surface area contributed by atoms with Gasteiger partial charge in [-0.15, -0.1) is 0 Å². The van der Waals surface area contributed by atoms with Gasteiger partial charge in [-0.3, -0.25) is 9.10 Å². The van der Waals surface area contributed by atoms with E-state index in [9.17, 15) is 13.2 Å². The molecule has 0 aliphatic heterocycles. The molecule has 33 heavy (non-hydrogen) atoms. The van der Waals surface area contributed by atoms with Crippen molar-refractivity contribution in [3.05, 3.63) is 90.5 Å². The lowest BCUT2D eigenvalue weighted by molar-refractivity contribution is -0.119. The van der Waals surface area contributed by atoms with Crippen molar-refractivity contribution < 1.29 is 17.9 Å². The van der Waals surface area contributed by atoms with Crippen LogP contribution in [0, 0.1) is 5.92 Å². The summed E-state index contributed by atoms with van der Waals surface area (Å²) in [7, 11) is -2.51. The maximum absolute atomic E-state index is 13.5. The highest BCUT2D eigenvalue weighted by Crippen LogP contribution is 2.32. The van der Waals surface area contributed by atoms with Gasteiger partial charge in [-0.2, -0.15) is 0 Å². The molecule has 0 spiro atoms. The number of methoxy groups -OCH3 is 1. The third kappa shape index (κ3) is 6.35. The lowest BCUT2D eigenvalue weighted by atomic mass is 9.97. The van der Waals surface area contributed by atoms with E-state index in [2.05, 4.69) is 24.4 Å². The monoisotopic (exact) mass is 466 g/mol. The fraction of sp³-hybridized carbons (Fsp3) is 0.269. The summed E-state index contributed by atoms with van der Waals surface area (Å²) in [6, 6.07) is 25.0. The number of nitrogens with one attached hydrogen (secondary N) is 1. The third-order valence-corrected chi connectivity index (χ3v) is 7.28. The average Bonchev–Trinajstić information content (AvgIpc) is 2.86. The predicted molar refractivity (Wildman–Crippen MR) is 131 cm³/mol. The standard InChI is InChI=1S/C26H30N2O4S/c1-3-21(18-22-12-6-4-7-13-22)19-27-26(29)20-28(24-16-10-11-17-25(24)32-2)33(30,31)23-14-8-5-9-15-23/h4-17,21H,3,18-20H2,1-2H3,(H,27,29). The first kappa shape index (κ1) is 24.3. The summed E-state index contributed by atoms with van der Waals surface area (Å²) >= 11 is 0. The Labute approximate surface area is 196 Å². The fourth-order valence-corrected chi connectivity index (χ4v) is 5.06. The topological polar surface area (TPSA) is 75.7 Å². The number of ether oxygens (including phenoxy) is 1. The van der Waals surface area contributed by atoms with Crippen LogP contribution in [0.3, 0.4) is 0 Å². The summed E-state index contributed by atoms with van der Waals surface area (Å²) in [5, 5.41) is 2.93. The molecule has 0 heterocycles. The number of amides is 1. The molecule has 0 fully saturated rings. The minimum atomic E-state index is -3.98. The first-order valence-corrected chi connectivity index (χ1v) is 12.4. The van der Waals surface area contributed by atoms with Gasteiger partial charge in [0, 0.05) is 6.54 Å². The molecule has 0 bridgehead atoms. The van der Waals surface area contributed by atoms with Crippen molar-refractivity contribution in [1.29, 1.82) is 0 Å². The van der Waals surface area contributed by atoms with Crippen molar-refractivity contribution in [3.8, 4) is 5.75 Å². The molecule has 0 saturated heterocycles. The van der Waals surface area contributed by atoms with Crippen LogP contribution >= 0.6 is 0 Å². The molecule has 1 N–H and O–H groups in total. The number of carbonyl (C=O) groups is 1. The van der Waals surface area contributed by atoms with Crippen LogP contribution in [-0.2, 0) is 21.2 Å². The highest BCUT2D eigenvalue weighted by atomic mass is 32.2. The zero-order valence-electron chi connectivity index (χ0n) is 19.0. The number of para-hydroxylation sites is 2. The second kappa shape index (κ2) is 11.5. The minimum absolute atomic E-state index is 0.110. The number of anilines is 1. The van der Waals surface area contributed by atoms with Gasteiger partial charge in [0.1, 0.15) is 12.3 Å². The molecule has 1 amide bonds. The molecule has 7 heteroatoms. The van der Waals surface area contributed by atoms with E-state index < -0.39 is 10.0 Å². The molecule has 1 unspecified atom stereocenters. The molecule has 0 radical (unpaired) electrons. The number of carbonyl (C=O) groups excluding carboxylic acids is 1. The largest absolute Gasteiger partial charge is 0.495 e. The Morgan fingerprint density at radius 2 is 1.55 bits per heavy atom. The normalized spacial score (nSPS) is 12.1. The molecule has 6 nitrogen and oxygen atoms in total. The van der Waals surface area contributed by atoms with Crippen LogP contribution in [0.4, 0.5) is 5.69 Å². The Bertz CT molecular complexity index is 1140. The maximum atomic E-state index is 13.5. The summed E-state index contributed by atoms with van der Waals surface area (Å²) in [6.45, 7) is 2.20. The Morgan fingerprint density at radius 3 is 2.18 bits per heavy atom. The Morgan fingerprint density at radius 1 is 0.939 bits per heavy atom. The number of nitrogens with zero attached hydrogens (tertiary/aromatic N) is 1. The molecular formula is C26H30N2O4S. The molecule has 3 rings (SSSR count). The van der Waals surface area contributed by atoms with Crippen LogP contribution in [0.15, 0.2) is 89.8 Å². The van der Waals surface area contributed by atoms with Gasteiger partial charge in [-0.05, 0) is 42.2 Å². The summed E-state index contributed by atoms with van der Waals surface area (Å²) in [5.41, 5.74) is 1.52. The summed E-state index contributed by atoms with van der Waals surface area (Å²) in [5.74, 6) is 0.258. The van der Waals surface area contributed by atoms with Crippen LogP contribution in [0.5, 0.6) is 5.75 Å². The van der Waals surface area contributed by atoms with Crippen molar-refractivity contribution in [2.24, 2.45) is 5.92 Å². The number of hydrogen-bond donors (Lipinski definition) is 1. The molecule has 3 aromatic rings. The second-order valence-corrected chi connectivity index (χ2v) is 9.63. The zero-order valence-corrected chi connectivity index (χ0v) is 19.8. The lowest BCUT2D eigenvalue weighted by Gasteiger charge is -2.26. The van der Waals surface area contributed by atoms with Gasteiger partial charge in [0.05, 0.1) is 17.7 Å². The number of sulfonamides is 1. The van der Waals surface area contributed by atoms with Crippen LogP contribution in [0.25, 0.3) is 0 Å². The van der Waals surface area contributed by atoms with Gasteiger partial charge in [0.2, 0.25) is 5.91 Å². The Hall–Kier alpha value is -3.32. The van der Waals surface area contributed by atoms with Gasteiger partial charge >= 0.3 is 0 Å². The van der Waals surface area contributed by atoms with E-state index in [1.807, 2.05) is 18.2 Å². The first-order valence-electron chi connectivity index (χ1n) is 11.0.